The number of fused-ring (bicyclic) bond motifs is 1. The van der Waals surface area contributed by atoms with Crippen LogP contribution in [0.4, 0.5) is 0 Å². The molecule has 4 nitrogen and oxygen atoms in total. The minimum absolute atomic E-state index is 0.0530. The van der Waals surface area contributed by atoms with Crippen LogP contribution < -0.4 is 10.9 Å². The molecular formula is C26H25N3O. The topological polar surface area (TPSA) is 57.8 Å². The van der Waals surface area contributed by atoms with Crippen molar-refractivity contribution in [2.45, 2.75) is 31.2 Å². The minimum Gasteiger partial charge on any atom is -0.326 e. The van der Waals surface area contributed by atoms with Crippen molar-refractivity contribution in [2.75, 3.05) is 6.54 Å². The molecule has 2 aromatic carbocycles. The molecule has 4 aromatic rings. The quantitative estimate of drug-likeness (QED) is 0.522. The Morgan fingerprint density at radius 1 is 0.867 bits per heavy atom. The van der Waals surface area contributed by atoms with Crippen LogP contribution in [0.3, 0.4) is 0 Å². The number of aromatic nitrogens is 2. The number of H-pyrrole nitrogens is 1. The number of aromatic amines is 1. The van der Waals surface area contributed by atoms with Gasteiger partial charge < -0.3 is 10.3 Å². The Morgan fingerprint density at radius 2 is 1.67 bits per heavy atom. The first-order chi connectivity index (χ1) is 14.7. The van der Waals surface area contributed by atoms with Gasteiger partial charge in [0.05, 0.1) is 0 Å². The van der Waals surface area contributed by atoms with E-state index in [1.807, 2.05) is 12.1 Å². The fraction of sp³-hybridized carbons (Fsp3) is 0.231. The molecule has 3 atom stereocenters. The summed E-state index contributed by atoms with van der Waals surface area (Å²) in [4.78, 5) is 19.8. The van der Waals surface area contributed by atoms with E-state index in [0.29, 0.717) is 12.0 Å². The van der Waals surface area contributed by atoms with Crippen LogP contribution in [0.2, 0.25) is 0 Å². The van der Waals surface area contributed by atoms with E-state index in [0.717, 1.165) is 29.8 Å². The molecule has 0 amide bonds. The van der Waals surface area contributed by atoms with Gasteiger partial charge in [-0.05, 0) is 59.0 Å². The molecule has 3 unspecified atom stereocenters. The molecule has 3 heterocycles. The fourth-order valence-electron chi connectivity index (χ4n) is 4.71. The van der Waals surface area contributed by atoms with Crippen molar-refractivity contribution in [1.82, 2.24) is 15.3 Å². The average molecular weight is 396 g/mol. The summed E-state index contributed by atoms with van der Waals surface area (Å²) in [5.41, 5.74) is 4.23. The summed E-state index contributed by atoms with van der Waals surface area (Å²) in [6.07, 6.45) is 4.51. The van der Waals surface area contributed by atoms with Crippen LogP contribution in [0.1, 0.15) is 36.4 Å². The number of hydrogen-bond acceptors (Lipinski definition) is 3. The molecule has 30 heavy (non-hydrogen) atoms. The first-order valence-electron chi connectivity index (χ1n) is 10.5. The van der Waals surface area contributed by atoms with Crippen molar-refractivity contribution in [2.24, 2.45) is 0 Å². The monoisotopic (exact) mass is 395 g/mol. The van der Waals surface area contributed by atoms with E-state index in [4.69, 9.17) is 0 Å². The zero-order chi connectivity index (χ0) is 20.5. The minimum atomic E-state index is -0.0530. The lowest BCUT2D eigenvalue weighted by molar-refractivity contribution is 0.335. The highest BCUT2D eigenvalue weighted by atomic mass is 16.1. The van der Waals surface area contributed by atoms with Crippen LogP contribution in [-0.4, -0.2) is 22.6 Å². The van der Waals surface area contributed by atoms with Crippen LogP contribution in [0.15, 0.2) is 83.9 Å². The molecule has 1 aliphatic heterocycles. The molecule has 1 fully saturated rings. The number of pyridine rings is 2. The third kappa shape index (κ3) is 3.66. The van der Waals surface area contributed by atoms with Gasteiger partial charge in [-0.15, -0.1) is 0 Å². The first-order valence-corrected chi connectivity index (χ1v) is 10.5. The van der Waals surface area contributed by atoms with Gasteiger partial charge in [0.1, 0.15) is 0 Å². The Bertz CT molecular complexity index is 1230. The molecule has 0 saturated carbocycles. The summed E-state index contributed by atoms with van der Waals surface area (Å²) < 4.78 is 0. The lowest BCUT2D eigenvalue weighted by Crippen LogP contribution is -2.40. The standard InChI is InChI=1S/C26H25N3O/c1-17-12-23(25-14-22(15-26(30)29-25)19-8-10-27-11-9-19)24(16-28-17)21-7-6-18-4-2-3-5-20(18)13-21/h2-11,13-15,17,23-24,28H,12,16H2,1H3,(H,29,30). The second-order valence-electron chi connectivity index (χ2n) is 8.29. The Balaban J connectivity index is 1.58. The van der Waals surface area contributed by atoms with Gasteiger partial charge in [0.25, 0.3) is 0 Å². The van der Waals surface area contributed by atoms with Gasteiger partial charge >= 0.3 is 0 Å². The molecule has 5 rings (SSSR count). The van der Waals surface area contributed by atoms with E-state index in [2.05, 4.69) is 70.7 Å². The van der Waals surface area contributed by atoms with Crippen molar-refractivity contribution in [1.29, 1.82) is 0 Å². The van der Waals surface area contributed by atoms with Gasteiger partial charge in [0.2, 0.25) is 5.56 Å². The third-order valence-corrected chi connectivity index (χ3v) is 6.26. The van der Waals surface area contributed by atoms with Crippen LogP contribution in [0.5, 0.6) is 0 Å². The maximum atomic E-state index is 12.5. The number of hydrogen-bond donors (Lipinski definition) is 2. The summed E-state index contributed by atoms with van der Waals surface area (Å²) in [6, 6.07) is 23.3. The van der Waals surface area contributed by atoms with E-state index in [1.165, 1.54) is 16.3 Å². The third-order valence-electron chi connectivity index (χ3n) is 6.26. The van der Waals surface area contributed by atoms with Crippen LogP contribution in [0, 0.1) is 0 Å². The maximum Gasteiger partial charge on any atom is 0.248 e. The molecule has 0 aliphatic carbocycles. The zero-order valence-electron chi connectivity index (χ0n) is 17.0. The molecule has 0 radical (unpaired) electrons. The molecule has 150 valence electrons. The highest BCUT2D eigenvalue weighted by Gasteiger charge is 2.31. The van der Waals surface area contributed by atoms with E-state index in [9.17, 15) is 4.79 Å². The van der Waals surface area contributed by atoms with Crippen molar-refractivity contribution in [3.05, 3.63) is 101 Å². The van der Waals surface area contributed by atoms with Crippen molar-refractivity contribution in [3.8, 4) is 11.1 Å². The second kappa shape index (κ2) is 7.88. The van der Waals surface area contributed by atoms with Crippen LogP contribution in [-0.2, 0) is 0 Å². The maximum absolute atomic E-state index is 12.5. The lowest BCUT2D eigenvalue weighted by Gasteiger charge is -2.36. The SMILES string of the molecule is CC1CC(c2cc(-c3ccncc3)cc(=O)[nH]2)C(c2ccc3ccccc3c2)CN1. The predicted octanol–water partition coefficient (Wildman–Crippen LogP) is 4.84. The van der Waals surface area contributed by atoms with Gasteiger partial charge in [-0.25, -0.2) is 0 Å². The molecule has 0 spiro atoms. The highest BCUT2D eigenvalue weighted by Crippen LogP contribution is 2.39. The summed E-state index contributed by atoms with van der Waals surface area (Å²) in [5, 5.41) is 6.15. The first kappa shape index (κ1) is 18.8. The predicted molar refractivity (Wildman–Crippen MR) is 122 cm³/mol. The van der Waals surface area contributed by atoms with E-state index >= 15 is 0 Å². The summed E-state index contributed by atoms with van der Waals surface area (Å²) in [7, 11) is 0. The Labute approximate surface area is 176 Å². The van der Waals surface area contributed by atoms with E-state index in [1.54, 1.807) is 18.5 Å². The van der Waals surface area contributed by atoms with Crippen molar-refractivity contribution < 1.29 is 0 Å². The average Bonchev–Trinajstić information content (AvgIpc) is 2.79. The smallest absolute Gasteiger partial charge is 0.248 e. The van der Waals surface area contributed by atoms with Crippen LogP contribution in [0.25, 0.3) is 21.9 Å². The van der Waals surface area contributed by atoms with Gasteiger partial charge in [-0.1, -0.05) is 42.5 Å². The molecule has 2 N–H and O–H groups in total. The van der Waals surface area contributed by atoms with Gasteiger partial charge in [-0.3, -0.25) is 9.78 Å². The van der Waals surface area contributed by atoms with Gasteiger partial charge in [-0.2, -0.15) is 0 Å². The summed E-state index contributed by atoms with van der Waals surface area (Å²) in [6.45, 7) is 3.11. The molecule has 4 heteroatoms. The fourth-order valence-corrected chi connectivity index (χ4v) is 4.71. The molecule has 0 bridgehead atoms. The van der Waals surface area contributed by atoms with Crippen LogP contribution >= 0.6 is 0 Å². The van der Waals surface area contributed by atoms with E-state index < -0.39 is 0 Å². The summed E-state index contributed by atoms with van der Waals surface area (Å²) >= 11 is 0. The number of piperidine rings is 1. The molecular weight excluding hydrogens is 370 g/mol. The van der Waals surface area contributed by atoms with Gasteiger partial charge in [0.15, 0.2) is 0 Å². The zero-order valence-corrected chi connectivity index (χ0v) is 17.0. The Morgan fingerprint density at radius 3 is 2.50 bits per heavy atom. The normalized spacial score (nSPS) is 21.6. The van der Waals surface area contributed by atoms with Crippen molar-refractivity contribution >= 4 is 10.8 Å². The number of nitrogens with zero attached hydrogens (tertiary/aromatic N) is 1. The molecule has 2 aromatic heterocycles. The van der Waals surface area contributed by atoms with Crippen molar-refractivity contribution in [3.63, 3.8) is 0 Å². The number of benzene rings is 2. The lowest BCUT2D eigenvalue weighted by atomic mass is 9.76. The highest BCUT2D eigenvalue weighted by molar-refractivity contribution is 5.83. The molecule has 1 aliphatic rings. The summed E-state index contributed by atoms with van der Waals surface area (Å²) in [5.74, 6) is 0.547. The molecule has 1 saturated heterocycles. The van der Waals surface area contributed by atoms with E-state index in [-0.39, 0.29) is 11.5 Å². The second-order valence-corrected chi connectivity index (χ2v) is 8.29. The number of rotatable bonds is 3. The number of nitrogens with one attached hydrogen (secondary N) is 2. The Kier molecular flexibility index (Phi) is 4.93. The Hall–Kier alpha value is -3.24. The van der Waals surface area contributed by atoms with Gasteiger partial charge in [0, 0.05) is 48.6 Å². The largest absolute Gasteiger partial charge is 0.326 e.